The van der Waals surface area contributed by atoms with E-state index in [0.717, 1.165) is 28.9 Å². The second kappa shape index (κ2) is 5.36. The van der Waals surface area contributed by atoms with Crippen LogP contribution in [0, 0.1) is 0 Å². The van der Waals surface area contributed by atoms with Crippen molar-refractivity contribution >= 4 is 15.9 Å². The summed E-state index contributed by atoms with van der Waals surface area (Å²) in [7, 11) is 1.63. The molecule has 4 heteroatoms. The van der Waals surface area contributed by atoms with Crippen LogP contribution < -0.4 is 10.1 Å². The van der Waals surface area contributed by atoms with Crippen molar-refractivity contribution in [2.75, 3.05) is 20.2 Å². The summed E-state index contributed by atoms with van der Waals surface area (Å²) >= 11 is 3.42. The normalized spacial score (nSPS) is 19.0. The summed E-state index contributed by atoms with van der Waals surface area (Å²) in [5.41, 5.74) is -0.162. The Bertz CT molecular complexity index is 391. The highest BCUT2D eigenvalue weighted by Crippen LogP contribution is 2.32. The molecule has 2 rings (SSSR count). The highest BCUT2D eigenvalue weighted by molar-refractivity contribution is 9.10. The van der Waals surface area contributed by atoms with E-state index < -0.39 is 5.67 Å². The van der Waals surface area contributed by atoms with Gasteiger partial charge >= 0.3 is 0 Å². The van der Waals surface area contributed by atoms with Gasteiger partial charge in [0, 0.05) is 10.9 Å². The van der Waals surface area contributed by atoms with Gasteiger partial charge in [0.25, 0.3) is 0 Å². The van der Waals surface area contributed by atoms with Crippen LogP contribution in [0.3, 0.4) is 0 Å². The van der Waals surface area contributed by atoms with Crippen molar-refractivity contribution in [2.45, 2.75) is 24.9 Å². The van der Waals surface area contributed by atoms with E-state index in [-0.39, 0.29) is 0 Å². The third-order valence-electron chi connectivity index (χ3n) is 3.25. The van der Waals surface area contributed by atoms with Gasteiger partial charge in [0.1, 0.15) is 11.4 Å². The Morgan fingerprint density at radius 1 is 1.41 bits per heavy atom. The number of methoxy groups -OCH3 is 1. The van der Waals surface area contributed by atoms with Gasteiger partial charge in [-0.1, -0.05) is 15.9 Å². The fourth-order valence-electron chi connectivity index (χ4n) is 2.28. The quantitative estimate of drug-likeness (QED) is 0.926. The molecule has 0 spiro atoms. The summed E-state index contributed by atoms with van der Waals surface area (Å²) in [6.07, 6.45) is 1.57. The molecule has 1 fully saturated rings. The molecule has 0 atom stereocenters. The molecule has 1 N–H and O–H groups in total. The largest absolute Gasteiger partial charge is 0.496 e. The standard InChI is InChI=1S/C13H17BrFNO/c1-17-12-3-2-11(14)8-10(12)9-13(15)4-6-16-7-5-13/h2-3,8,16H,4-7,9H2,1H3. The van der Waals surface area contributed by atoms with E-state index in [1.165, 1.54) is 0 Å². The van der Waals surface area contributed by atoms with Crippen LogP contribution >= 0.6 is 15.9 Å². The maximum Gasteiger partial charge on any atom is 0.122 e. The summed E-state index contributed by atoms with van der Waals surface area (Å²) in [5.74, 6) is 0.767. The number of rotatable bonds is 3. The molecular formula is C13H17BrFNO. The second-order valence-corrected chi connectivity index (χ2v) is 5.45. The number of hydrogen-bond donors (Lipinski definition) is 1. The first-order chi connectivity index (χ1) is 8.13. The molecule has 1 aliphatic heterocycles. The SMILES string of the molecule is COc1ccc(Br)cc1CC1(F)CCNCC1. The molecule has 1 aromatic rings. The van der Waals surface area contributed by atoms with E-state index in [4.69, 9.17) is 4.74 Å². The lowest BCUT2D eigenvalue weighted by Gasteiger charge is -2.30. The Balaban J connectivity index is 2.19. The van der Waals surface area contributed by atoms with Crippen LogP contribution in [0.1, 0.15) is 18.4 Å². The van der Waals surface area contributed by atoms with Crippen LogP contribution in [-0.4, -0.2) is 25.9 Å². The summed E-state index contributed by atoms with van der Waals surface area (Å²) in [6, 6.07) is 5.74. The topological polar surface area (TPSA) is 21.3 Å². The molecule has 1 saturated heterocycles. The second-order valence-electron chi connectivity index (χ2n) is 4.53. The zero-order chi connectivity index (χ0) is 12.3. The first kappa shape index (κ1) is 12.8. The van der Waals surface area contributed by atoms with Crippen molar-refractivity contribution in [3.63, 3.8) is 0 Å². The van der Waals surface area contributed by atoms with Crippen molar-refractivity contribution in [1.29, 1.82) is 0 Å². The average Bonchev–Trinajstić information content (AvgIpc) is 2.29. The van der Waals surface area contributed by atoms with Gasteiger partial charge in [-0.3, -0.25) is 0 Å². The van der Waals surface area contributed by atoms with Gasteiger partial charge in [0.15, 0.2) is 0 Å². The monoisotopic (exact) mass is 301 g/mol. The summed E-state index contributed by atoms with van der Waals surface area (Å²) in [6.45, 7) is 1.51. The van der Waals surface area contributed by atoms with E-state index in [9.17, 15) is 4.39 Å². The third-order valence-corrected chi connectivity index (χ3v) is 3.74. The number of piperidine rings is 1. The molecule has 2 nitrogen and oxygen atoms in total. The number of hydrogen-bond acceptors (Lipinski definition) is 2. The van der Waals surface area contributed by atoms with Crippen molar-refractivity contribution < 1.29 is 9.13 Å². The van der Waals surface area contributed by atoms with Crippen molar-refractivity contribution in [3.05, 3.63) is 28.2 Å². The zero-order valence-corrected chi connectivity index (χ0v) is 11.5. The van der Waals surface area contributed by atoms with Crippen molar-refractivity contribution in [3.8, 4) is 5.75 Å². The van der Waals surface area contributed by atoms with Gasteiger partial charge in [0.05, 0.1) is 7.11 Å². The van der Waals surface area contributed by atoms with Gasteiger partial charge in [0.2, 0.25) is 0 Å². The molecule has 0 bridgehead atoms. The van der Waals surface area contributed by atoms with E-state index in [0.29, 0.717) is 19.3 Å². The molecule has 17 heavy (non-hydrogen) atoms. The van der Waals surface area contributed by atoms with Crippen LogP contribution in [0.25, 0.3) is 0 Å². The number of benzene rings is 1. The van der Waals surface area contributed by atoms with Gasteiger partial charge in [-0.15, -0.1) is 0 Å². The molecule has 0 aliphatic carbocycles. The Hall–Kier alpha value is -0.610. The Morgan fingerprint density at radius 3 is 2.76 bits per heavy atom. The number of ether oxygens (including phenoxy) is 1. The minimum absolute atomic E-state index is 0.428. The minimum atomic E-state index is -1.10. The predicted octanol–water partition coefficient (Wildman–Crippen LogP) is 3.09. The van der Waals surface area contributed by atoms with Crippen LogP contribution in [0.2, 0.25) is 0 Å². The number of alkyl halides is 1. The summed E-state index contributed by atoms with van der Waals surface area (Å²) in [5, 5.41) is 3.19. The fourth-order valence-corrected chi connectivity index (χ4v) is 2.69. The maximum atomic E-state index is 14.6. The molecule has 1 heterocycles. The van der Waals surface area contributed by atoms with Gasteiger partial charge in [-0.2, -0.15) is 0 Å². The van der Waals surface area contributed by atoms with E-state index >= 15 is 0 Å². The first-order valence-corrected chi connectivity index (χ1v) is 6.64. The maximum absolute atomic E-state index is 14.6. The molecule has 0 unspecified atom stereocenters. The average molecular weight is 302 g/mol. The Morgan fingerprint density at radius 2 is 2.12 bits per heavy atom. The zero-order valence-electron chi connectivity index (χ0n) is 9.93. The van der Waals surface area contributed by atoms with E-state index in [2.05, 4.69) is 21.2 Å². The third kappa shape index (κ3) is 3.19. The van der Waals surface area contributed by atoms with Gasteiger partial charge in [-0.25, -0.2) is 4.39 Å². The fraction of sp³-hybridized carbons (Fsp3) is 0.538. The molecule has 94 valence electrons. The highest BCUT2D eigenvalue weighted by atomic mass is 79.9. The lowest BCUT2D eigenvalue weighted by Crippen LogP contribution is -2.40. The molecule has 0 saturated carbocycles. The van der Waals surface area contributed by atoms with E-state index in [1.807, 2.05) is 18.2 Å². The molecule has 1 aliphatic rings. The molecule has 0 aromatic heterocycles. The van der Waals surface area contributed by atoms with Gasteiger partial charge < -0.3 is 10.1 Å². The van der Waals surface area contributed by atoms with Gasteiger partial charge in [-0.05, 0) is 49.7 Å². The van der Waals surface area contributed by atoms with Crippen molar-refractivity contribution in [2.24, 2.45) is 0 Å². The smallest absolute Gasteiger partial charge is 0.122 e. The lowest BCUT2D eigenvalue weighted by atomic mass is 9.87. The molecule has 0 amide bonds. The number of halogens is 2. The summed E-state index contributed by atoms with van der Waals surface area (Å²) in [4.78, 5) is 0. The molecule has 0 radical (unpaired) electrons. The lowest BCUT2D eigenvalue weighted by molar-refractivity contribution is 0.115. The van der Waals surface area contributed by atoms with E-state index in [1.54, 1.807) is 7.11 Å². The number of nitrogens with one attached hydrogen (secondary N) is 1. The molecular weight excluding hydrogens is 285 g/mol. The van der Waals surface area contributed by atoms with Crippen LogP contribution in [0.5, 0.6) is 5.75 Å². The van der Waals surface area contributed by atoms with Crippen LogP contribution in [-0.2, 0) is 6.42 Å². The molecule has 1 aromatic carbocycles. The summed E-state index contributed by atoms with van der Waals surface area (Å²) < 4.78 is 20.8. The Labute approximate surface area is 110 Å². The first-order valence-electron chi connectivity index (χ1n) is 5.85. The van der Waals surface area contributed by atoms with Crippen molar-refractivity contribution in [1.82, 2.24) is 5.32 Å². The van der Waals surface area contributed by atoms with Crippen LogP contribution in [0.4, 0.5) is 4.39 Å². The predicted molar refractivity (Wildman–Crippen MR) is 70.3 cm³/mol. The highest BCUT2D eigenvalue weighted by Gasteiger charge is 2.32. The van der Waals surface area contributed by atoms with Crippen LogP contribution in [0.15, 0.2) is 22.7 Å². The Kier molecular flexibility index (Phi) is 4.05. The minimum Gasteiger partial charge on any atom is -0.496 e.